The molecule has 1 saturated heterocycles. The molecule has 128 valence electrons. The van der Waals surface area contributed by atoms with Crippen molar-refractivity contribution in [1.29, 1.82) is 0 Å². The van der Waals surface area contributed by atoms with Gasteiger partial charge < -0.3 is 10.1 Å². The van der Waals surface area contributed by atoms with Crippen LogP contribution in [-0.4, -0.2) is 49.7 Å². The van der Waals surface area contributed by atoms with Crippen molar-refractivity contribution < 1.29 is 9.53 Å². The van der Waals surface area contributed by atoms with Gasteiger partial charge in [-0.25, -0.2) is 0 Å². The van der Waals surface area contributed by atoms with Gasteiger partial charge in [0.2, 0.25) is 0 Å². The Labute approximate surface area is 144 Å². The minimum Gasteiger partial charge on any atom is -0.379 e. The molecule has 23 heavy (non-hydrogen) atoms. The van der Waals surface area contributed by atoms with Crippen LogP contribution in [0.5, 0.6) is 0 Å². The van der Waals surface area contributed by atoms with Gasteiger partial charge in [-0.2, -0.15) is 0 Å². The SMILES string of the molecule is CCC(CC)C(CNC(=O)c1ccccc1Cl)N1CCOCC1. The number of halogens is 1. The summed E-state index contributed by atoms with van der Waals surface area (Å²) in [6.45, 7) is 8.50. The number of morpholine rings is 1. The van der Waals surface area contributed by atoms with Crippen LogP contribution >= 0.6 is 11.6 Å². The van der Waals surface area contributed by atoms with Gasteiger partial charge in [-0.15, -0.1) is 0 Å². The predicted molar refractivity (Wildman–Crippen MR) is 94.0 cm³/mol. The fraction of sp³-hybridized carbons (Fsp3) is 0.611. The summed E-state index contributed by atoms with van der Waals surface area (Å²) in [4.78, 5) is 14.9. The molecule has 2 rings (SSSR count). The summed E-state index contributed by atoms with van der Waals surface area (Å²) < 4.78 is 5.46. The van der Waals surface area contributed by atoms with Crippen molar-refractivity contribution in [2.75, 3.05) is 32.8 Å². The third-order valence-corrected chi connectivity index (χ3v) is 5.03. The van der Waals surface area contributed by atoms with E-state index >= 15 is 0 Å². The van der Waals surface area contributed by atoms with E-state index in [0.29, 0.717) is 29.1 Å². The molecule has 1 unspecified atom stereocenters. The summed E-state index contributed by atoms with van der Waals surface area (Å²) in [5.74, 6) is 0.472. The van der Waals surface area contributed by atoms with Gasteiger partial charge in [-0.3, -0.25) is 9.69 Å². The summed E-state index contributed by atoms with van der Waals surface area (Å²) in [5.41, 5.74) is 0.541. The van der Waals surface area contributed by atoms with Gasteiger partial charge in [0.25, 0.3) is 5.91 Å². The van der Waals surface area contributed by atoms with E-state index in [4.69, 9.17) is 16.3 Å². The zero-order valence-electron chi connectivity index (χ0n) is 14.1. The smallest absolute Gasteiger partial charge is 0.252 e. The first-order valence-corrected chi connectivity index (χ1v) is 8.89. The Morgan fingerprint density at radius 2 is 1.91 bits per heavy atom. The van der Waals surface area contributed by atoms with E-state index in [-0.39, 0.29) is 5.91 Å². The maximum Gasteiger partial charge on any atom is 0.252 e. The molecule has 1 aliphatic rings. The maximum atomic E-state index is 12.4. The van der Waals surface area contributed by atoms with Crippen LogP contribution in [0.25, 0.3) is 0 Å². The molecule has 1 amide bonds. The summed E-state index contributed by atoms with van der Waals surface area (Å²) in [6.07, 6.45) is 2.22. The number of carbonyl (C=O) groups is 1. The highest BCUT2D eigenvalue weighted by molar-refractivity contribution is 6.33. The lowest BCUT2D eigenvalue weighted by Gasteiger charge is -2.38. The number of rotatable bonds is 7. The fourth-order valence-electron chi connectivity index (χ4n) is 3.27. The van der Waals surface area contributed by atoms with Crippen molar-refractivity contribution >= 4 is 17.5 Å². The molecule has 0 bridgehead atoms. The van der Waals surface area contributed by atoms with Gasteiger partial charge in [0, 0.05) is 25.7 Å². The first-order chi connectivity index (χ1) is 11.2. The number of amides is 1. The van der Waals surface area contributed by atoms with Crippen molar-refractivity contribution in [1.82, 2.24) is 10.2 Å². The molecule has 0 spiro atoms. The highest BCUT2D eigenvalue weighted by atomic mass is 35.5. The Hall–Kier alpha value is -1.10. The number of benzene rings is 1. The average molecular weight is 339 g/mol. The van der Waals surface area contributed by atoms with Gasteiger partial charge in [-0.1, -0.05) is 50.4 Å². The second kappa shape index (κ2) is 9.26. The molecule has 1 aliphatic heterocycles. The van der Waals surface area contributed by atoms with Gasteiger partial charge in [-0.05, 0) is 18.1 Å². The second-order valence-corrected chi connectivity index (χ2v) is 6.39. The summed E-state index contributed by atoms with van der Waals surface area (Å²) >= 11 is 6.11. The monoisotopic (exact) mass is 338 g/mol. The summed E-state index contributed by atoms with van der Waals surface area (Å²) in [5, 5.41) is 3.58. The van der Waals surface area contributed by atoms with Crippen molar-refractivity contribution in [2.45, 2.75) is 32.7 Å². The topological polar surface area (TPSA) is 41.6 Å². The fourth-order valence-corrected chi connectivity index (χ4v) is 3.50. The lowest BCUT2D eigenvalue weighted by atomic mass is 9.92. The standard InChI is InChI=1S/C18H27ClN2O2/c1-3-14(4-2)17(21-9-11-23-12-10-21)13-20-18(22)15-7-5-6-8-16(15)19/h5-8,14,17H,3-4,9-13H2,1-2H3,(H,20,22). The van der Waals surface area contributed by atoms with Crippen molar-refractivity contribution in [3.63, 3.8) is 0 Å². The van der Waals surface area contributed by atoms with Crippen LogP contribution in [0.4, 0.5) is 0 Å². The van der Waals surface area contributed by atoms with E-state index in [1.54, 1.807) is 12.1 Å². The highest BCUT2D eigenvalue weighted by Gasteiger charge is 2.27. The van der Waals surface area contributed by atoms with Gasteiger partial charge in [0.05, 0.1) is 23.8 Å². The van der Waals surface area contributed by atoms with Crippen LogP contribution in [0.1, 0.15) is 37.0 Å². The first kappa shape index (κ1) is 18.2. The van der Waals surface area contributed by atoms with E-state index in [0.717, 1.165) is 39.1 Å². The van der Waals surface area contributed by atoms with E-state index < -0.39 is 0 Å². The number of carbonyl (C=O) groups excluding carboxylic acids is 1. The molecule has 1 fully saturated rings. The highest BCUT2D eigenvalue weighted by Crippen LogP contribution is 2.20. The molecule has 0 aliphatic carbocycles. The maximum absolute atomic E-state index is 12.4. The number of hydrogen-bond acceptors (Lipinski definition) is 3. The zero-order valence-corrected chi connectivity index (χ0v) is 14.8. The summed E-state index contributed by atoms with van der Waals surface area (Å²) in [6, 6.07) is 7.52. The predicted octanol–water partition coefficient (Wildman–Crippen LogP) is 3.21. The van der Waals surface area contributed by atoms with E-state index in [1.807, 2.05) is 12.1 Å². The first-order valence-electron chi connectivity index (χ1n) is 8.51. The molecule has 1 N–H and O–H groups in total. The molecule has 0 aromatic heterocycles. The van der Waals surface area contributed by atoms with Crippen LogP contribution in [0, 0.1) is 5.92 Å². The number of hydrogen-bond donors (Lipinski definition) is 1. The summed E-state index contributed by atoms with van der Waals surface area (Å²) in [7, 11) is 0. The molecule has 5 heteroatoms. The van der Waals surface area contributed by atoms with Gasteiger partial charge in [0.15, 0.2) is 0 Å². The zero-order chi connectivity index (χ0) is 16.7. The van der Waals surface area contributed by atoms with E-state index in [1.165, 1.54) is 0 Å². The second-order valence-electron chi connectivity index (χ2n) is 5.98. The third-order valence-electron chi connectivity index (χ3n) is 4.70. The molecule has 1 aromatic rings. The van der Waals surface area contributed by atoms with Crippen molar-refractivity contribution in [3.8, 4) is 0 Å². The Morgan fingerprint density at radius 3 is 2.52 bits per heavy atom. The van der Waals surface area contributed by atoms with Gasteiger partial charge >= 0.3 is 0 Å². The van der Waals surface area contributed by atoms with E-state index in [9.17, 15) is 4.79 Å². The lowest BCUT2D eigenvalue weighted by molar-refractivity contribution is 0.00191. The average Bonchev–Trinajstić information content (AvgIpc) is 2.59. The molecule has 4 nitrogen and oxygen atoms in total. The molecule has 1 aromatic carbocycles. The van der Waals surface area contributed by atoms with Gasteiger partial charge in [0.1, 0.15) is 0 Å². The largest absolute Gasteiger partial charge is 0.379 e. The quantitative estimate of drug-likeness (QED) is 0.830. The third kappa shape index (κ3) is 4.93. The Morgan fingerprint density at radius 1 is 1.26 bits per heavy atom. The van der Waals surface area contributed by atoms with Crippen LogP contribution in [0.2, 0.25) is 5.02 Å². The van der Waals surface area contributed by atoms with Crippen LogP contribution in [-0.2, 0) is 4.74 Å². The minimum atomic E-state index is -0.0974. The van der Waals surface area contributed by atoms with Crippen LogP contribution in [0.3, 0.4) is 0 Å². The molecule has 0 radical (unpaired) electrons. The Bertz CT molecular complexity index is 500. The Balaban J connectivity index is 2.02. The molecular formula is C18H27ClN2O2. The lowest BCUT2D eigenvalue weighted by Crippen LogP contribution is -2.52. The Kier molecular flexibility index (Phi) is 7.34. The number of nitrogens with zero attached hydrogens (tertiary/aromatic N) is 1. The molecular weight excluding hydrogens is 312 g/mol. The van der Waals surface area contributed by atoms with E-state index in [2.05, 4.69) is 24.1 Å². The van der Waals surface area contributed by atoms with Crippen molar-refractivity contribution in [3.05, 3.63) is 34.9 Å². The molecule has 0 saturated carbocycles. The minimum absolute atomic E-state index is 0.0974. The van der Waals surface area contributed by atoms with Crippen LogP contribution in [0.15, 0.2) is 24.3 Å². The molecule has 1 heterocycles. The molecule has 1 atom stereocenters. The number of ether oxygens (including phenoxy) is 1. The van der Waals surface area contributed by atoms with Crippen molar-refractivity contribution in [2.24, 2.45) is 5.92 Å². The normalized spacial score (nSPS) is 17.2. The number of nitrogens with one attached hydrogen (secondary N) is 1. The van der Waals surface area contributed by atoms with Crippen LogP contribution < -0.4 is 5.32 Å².